The second-order valence-electron chi connectivity index (χ2n) is 4.14. The smallest absolute Gasteiger partial charge is 0.327 e. The number of rotatable bonds is 3. The molecule has 5 heteroatoms. The fourth-order valence-corrected chi connectivity index (χ4v) is 2.75. The minimum Gasteiger partial charge on any atom is -0.327 e. The summed E-state index contributed by atoms with van der Waals surface area (Å²) in [5.41, 5.74) is 1.85. The van der Waals surface area contributed by atoms with Gasteiger partial charge in [0.25, 0.3) is 0 Å². The number of thioether (sulfide) groups is 1. The lowest BCUT2D eigenvalue weighted by molar-refractivity contribution is -0.0328. The number of halogens is 3. The topological polar surface area (TPSA) is 26.0 Å². The normalized spacial score (nSPS) is 28.8. The molecule has 0 aromatic carbocycles. The molecule has 0 bridgehead atoms. The molecular formula is C10H18F3NS. The lowest BCUT2D eigenvalue weighted by atomic mass is 9.93. The zero-order chi connectivity index (χ0) is 11.3. The van der Waals surface area contributed by atoms with Crippen LogP contribution in [-0.4, -0.2) is 17.3 Å². The second kappa shape index (κ2) is 5.99. The Labute approximate surface area is 93.0 Å². The van der Waals surface area contributed by atoms with Crippen molar-refractivity contribution < 1.29 is 13.2 Å². The van der Waals surface area contributed by atoms with Gasteiger partial charge in [0.1, 0.15) is 0 Å². The van der Waals surface area contributed by atoms with Crippen LogP contribution in [0.4, 0.5) is 13.2 Å². The van der Waals surface area contributed by atoms with Gasteiger partial charge in [-0.1, -0.05) is 31.0 Å². The van der Waals surface area contributed by atoms with Gasteiger partial charge >= 0.3 is 5.51 Å². The molecule has 0 saturated heterocycles. The molecule has 1 nitrogen and oxygen atoms in total. The van der Waals surface area contributed by atoms with Crippen molar-refractivity contribution in [2.75, 3.05) is 5.75 Å². The van der Waals surface area contributed by atoms with Crippen LogP contribution in [0.5, 0.6) is 0 Å². The Hall–Kier alpha value is 0.100. The van der Waals surface area contributed by atoms with Crippen molar-refractivity contribution >= 4 is 11.8 Å². The van der Waals surface area contributed by atoms with Gasteiger partial charge in [0.15, 0.2) is 0 Å². The summed E-state index contributed by atoms with van der Waals surface area (Å²) >= 11 is 0.0805. The number of hydrogen-bond donors (Lipinski definition) is 1. The highest BCUT2D eigenvalue weighted by Gasteiger charge is 2.29. The van der Waals surface area contributed by atoms with Crippen LogP contribution >= 0.6 is 11.8 Å². The van der Waals surface area contributed by atoms with Crippen molar-refractivity contribution in [3.8, 4) is 0 Å². The molecular weight excluding hydrogens is 223 g/mol. The number of nitrogens with two attached hydrogens (primary N) is 1. The van der Waals surface area contributed by atoms with Crippen LogP contribution in [0.1, 0.15) is 38.5 Å². The molecule has 0 spiro atoms. The highest BCUT2D eigenvalue weighted by Crippen LogP contribution is 2.33. The minimum atomic E-state index is -4.09. The Morgan fingerprint density at radius 2 is 1.80 bits per heavy atom. The zero-order valence-corrected chi connectivity index (χ0v) is 9.54. The van der Waals surface area contributed by atoms with Gasteiger partial charge in [-0.25, -0.2) is 0 Å². The summed E-state index contributed by atoms with van der Waals surface area (Å²) in [7, 11) is 0. The first kappa shape index (κ1) is 13.2. The van der Waals surface area contributed by atoms with E-state index in [9.17, 15) is 13.2 Å². The van der Waals surface area contributed by atoms with Crippen LogP contribution < -0.4 is 5.73 Å². The van der Waals surface area contributed by atoms with E-state index in [0.717, 1.165) is 25.7 Å². The van der Waals surface area contributed by atoms with Crippen LogP contribution in [-0.2, 0) is 0 Å². The first-order valence-corrected chi connectivity index (χ1v) is 6.44. The summed E-state index contributed by atoms with van der Waals surface area (Å²) in [6, 6.07) is 0.112. The van der Waals surface area contributed by atoms with Gasteiger partial charge < -0.3 is 5.73 Å². The van der Waals surface area contributed by atoms with E-state index in [1.54, 1.807) is 0 Å². The molecule has 0 radical (unpaired) electrons. The summed E-state index contributed by atoms with van der Waals surface area (Å²) in [5, 5.41) is 0. The van der Waals surface area contributed by atoms with Gasteiger partial charge in [0.2, 0.25) is 0 Å². The molecule has 0 aliphatic heterocycles. The van der Waals surface area contributed by atoms with Gasteiger partial charge in [-0.15, -0.1) is 0 Å². The van der Waals surface area contributed by atoms with Crippen molar-refractivity contribution in [2.24, 2.45) is 11.7 Å². The average Bonchev–Trinajstić information content (AvgIpc) is 2.30. The van der Waals surface area contributed by atoms with Crippen molar-refractivity contribution in [1.82, 2.24) is 0 Å². The quantitative estimate of drug-likeness (QED) is 0.765. The predicted octanol–water partition coefficient (Wildman–Crippen LogP) is 3.54. The highest BCUT2D eigenvalue weighted by molar-refractivity contribution is 8.00. The Morgan fingerprint density at radius 3 is 2.47 bits per heavy atom. The monoisotopic (exact) mass is 241 g/mol. The van der Waals surface area contributed by atoms with E-state index in [-0.39, 0.29) is 23.6 Å². The van der Waals surface area contributed by atoms with Gasteiger partial charge in [-0.3, -0.25) is 0 Å². The maximum Gasteiger partial charge on any atom is 0.441 e. The first-order valence-electron chi connectivity index (χ1n) is 5.45. The molecule has 15 heavy (non-hydrogen) atoms. The Bertz CT molecular complexity index is 184. The van der Waals surface area contributed by atoms with E-state index < -0.39 is 5.51 Å². The molecule has 1 aliphatic rings. The summed E-state index contributed by atoms with van der Waals surface area (Å²) in [4.78, 5) is 0. The van der Waals surface area contributed by atoms with Crippen LogP contribution in [0.15, 0.2) is 0 Å². The summed E-state index contributed by atoms with van der Waals surface area (Å²) in [5.74, 6) is 0.448. The third-order valence-corrected chi connectivity index (χ3v) is 3.74. The van der Waals surface area contributed by atoms with Crippen LogP contribution in [0, 0.1) is 5.92 Å². The van der Waals surface area contributed by atoms with E-state index in [2.05, 4.69) is 0 Å². The van der Waals surface area contributed by atoms with Gasteiger partial charge in [-0.05, 0) is 25.2 Å². The van der Waals surface area contributed by atoms with E-state index >= 15 is 0 Å². The van der Waals surface area contributed by atoms with E-state index in [1.807, 2.05) is 0 Å². The molecule has 2 N–H and O–H groups in total. The molecule has 1 saturated carbocycles. The van der Waals surface area contributed by atoms with Crippen molar-refractivity contribution in [3.63, 3.8) is 0 Å². The van der Waals surface area contributed by atoms with Gasteiger partial charge in [0, 0.05) is 11.8 Å². The average molecular weight is 241 g/mol. The maximum atomic E-state index is 11.9. The fourth-order valence-electron chi connectivity index (χ4n) is 2.10. The molecule has 0 amide bonds. The lowest BCUT2D eigenvalue weighted by Gasteiger charge is -2.21. The second-order valence-corrected chi connectivity index (χ2v) is 5.30. The predicted molar refractivity (Wildman–Crippen MR) is 57.7 cm³/mol. The highest BCUT2D eigenvalue weighted by atomic mass is 32.2. The Balaban J connectivity index is 2.23. The van der Waals surface area contributed by atoms with Crippen molar-refractivity contribution in [3.05, 3.63) is 0 Å². The third-order valence-electron chi connectivity index (χ3n) is 2.97. The zero-order valence-electron chi connectivity index (χ0n) is 8.72. The Morgan fingerprint density at radius 1 is 1.13 bits per heavy atom. The molecule has 2 atom stereocenters. The SMILES string of the molecule is NC1CCCCCC1CCSC(F)(F)F. The van der Waals surface area contributed by atoms with Crippen LogP contribution in [0.25, 0.3) is 0 Å². The number of hydrogen-bond acceptors (Lipinski definition) is 2. The van der Waals surface area contributed by atoms with Crippen LogP contribution in [0.3, 0.4) is 0 Å². The summed E-state index contributed by atoms with van der Waals surface area (Å²) in [6.45, 7) is 0. The lowest BCUT2D eigenvalue weighted by Crippen LogP contribution is -2.29. The first-order chi connectivity index (χ1) is 6.99. The third kappa shape index (κ3) is 5.66. The summed E-state index contributed by atoms with van der Waals surface area (Å²) < 4.78 is 35.8. The van der Waals surface area contributed by atoms with E-state index in [4.69, 9.17) is 5.73 Å². The molecule has 0 aromatic rings. The molecule has 0 heterocycles. The van der Waals surface area contributed by atoms with Crippen molar-refractivity contribution in [2.45, 2.75) is 50.1 Å². The number of alkyl halides is 3. The molecule has 0 aromatic heterocycles. The molecule has 2 unspecified atom stereocenters. The molecule has 90 valence electrons. The van der Waals surface area contributed by atoms with Crippen molar-refractivity contribution in [1.29, 1.82) is 0 Å². The largest absolute Gasteiger partial charge is 0.441 e. The fraction of sp³-hybridized carbons (Fsp3) is 1.00. The molecule has 1 rings (SSSR count). The van der Waals surface area contributed by atoms with Gasteiger partial charge in [-0.2, -0.15) is 13.2 Å². The molecule has 1 fully saturated rings. The van der Waals surface area contributed by atoms with E-state index in [0.29, 0.717) is 12.3 Å². The standard InChI is InChI=1S/C10H18F3NS/c11-10(12,13)15-7-6-8-4-2-1-3-5-9(8)14/h8-9H,1-7,14H2. The maximum absolute atomic E-state index is 11.9. The Kier molecular flexibility index (Phi) is 5.26. The molecule has 1 aliphatic carbocycles. The van der Waals surface area contributed by atoms with E-state index in [1.165, 1.54) is 6.42 Å². The minimum absolute atomic E-state index is 0.0805. The van der Waals surface area contributed by atoms with Crippen LogP contribution in [0.2, 0.25) is 0 Å². The van der Waals surface area contributed by atoms with Gasteiger partial charge in [0.05, 0.1) is 0 Å². The summed E-state index contributed by atoms with van der Waals surface area (Å²) in [6.07, 6.45) is 6.00.